The van der Waals surface area contributed by atoms with Crippen LogP contribution in [0.15, 0.2) is 0 Å². The highest BCUT2D eigenvalue weighted by Gasteiger charge is 2.24. The van der Waals surface area contributed by atoms with E-state index >= 15 is 0 Å². The van der Waals surface area contributed by atoms with Gasteiger partial charge in [-0.05, 0) is 44.0 Å². The van der Waals surface area contributed by atoms with Gasteiger partial charge in [0.2, 0.25) is 0 Å². The Balaban J connectivity index is 1.64. The van der Waals surface area contributed by atoms with Gasteiger partial charge in [-0.25, -0.2) is 0 Å². The molecule has 0 spiro atoms. The molecule has 110 valence electrons. The molecular formula is C15H24N4S. The van der Waals surface area contributed by atoms with Crippen molar-refractivity contribution in [2.24, 2.45) is 7.05 Å². The van der Waals surface area contributed by atoms with Crippen molar-refractivity contribution in [3.05, 3.63) is 17.0 Å². The number of aromatic nitrogens is 2. The maximum Gasteiger partial charge on any atom is 0.169 e. The van der Waals surface area contributed by atoms with E-state index in [1.807, 2.05) is 11.7 Å². The van der Waals surface area contributed by atoms with E-state index in [1.165, 1.54) is 49.1 Å². The number of fused-ring (bicyclic) bond motifs is 1. The molecular weight excluding hydrogens is 268 g/mol. The van der Waals surface area contributed by atoms with Crippen LogP contribution in [0.1, 0.15) is 49.1 Å². The first kappa shape index (κ1) is 13.9. The Hall–Kier alpha value is -1.10. The van der Waals surface area contributed by atoms with Gasteiger partial charge in [-0.3, -0.25) is 4.68 Å². The first-order chi connectivity index (χ1) is 9.65. The third kappa shape index (κ3) is 2.68. The Morgan fingerprint density at radius 2 is 2.05 bits per heavy atom. The second kappa shape index (κ2) is 5.72. The third-order valence-electron chi connectivity index (χ3n) is 4.67. The Morgan fingerprint density at radius 3 is 2.80 bits per heavy atom. The van der Waals surface area contributed by atoms with Crippen LogP contribution in [0.3, 0.4) is 0 Å². The SMILES string of the molecule is Cc1nn(C)c2c1CCN(C(=S)NC1CCCCC1)C2. The smallest absolute Gasteiger partial charge is 0.169 e. The van der Waals surface area contributed by atoms with E-state index in [9.17, 15) is 0 Å². The van der Waals surface area contributed by atoms with Gasteiger partial charge < -0.3 is 10.2 Å². The van der Waals surface area contributed by atoms with Crippen LogP contribution in [-0.4, -0.2) is 32.4 Å². The molecule has 0 aromatic carbocycles. The highest BCUT2D eigenvalue weighted by molar-refractivity contribution is 7.80. The summed E-state index contributed by atoms with van der Waals surface area (Å²) < 4.78 is 2.01. The maximum atomic E-state index is 5.62. The van der Waals surface area contributed by atoms with Crippen molar-refractivity contribution in [1.29, 1.82) is 0 Å². The second-order valence-electron chi connectivity index (χ2n) is 6.09. The molecule has 2 aliphatic rings. The van der Waals surface area contributed by atoms with E-state index in [4.69, 9.17) is 12.2 Å². The summed E-state index contributed by atoms with van der Waals surface area (Å²) in [7, 11) is 2.03. The van der Waals surface area contributed by atoms with Crippen molar-refractivity contribution in [3.8, 4) is 0 Å². The van der Waals surface area contributed by atoms with Gasteiger partial charge >= 0.3 is 0 Å². The molecule has 1 aromatic rings. The van der Waals surface area contributed by atoms with Crippen LogP contribution in [-0.2, 0) is 20.0 Å². The summed E-state index contributed by atoms with van der Waals surface area (Å²) in [5, 5.41) is 9.03. The minimum Gasteiger partial charge on any atom is -0.360 e. The minimum absolute atomic E-state index is 0.589. The molecule has 0 atom stereocenters. The predicted octanol–water partition coefficient (Wildman–Crippen LogP) is 2.29. The first-order valence-electron chi connectivity index (χ1n) is 7.72. The van der Waals surface area contributed by atoms with Crippen LogP contribution >= 0.6 is 12.2 Å². The van der Waals surface area contributed by atoms with E-state index in [0.717, 1.165) is 24.6 Å². The van der Waals surface area contributed by atoms with Gasteiger partial charge in [0.25, 0.3) is 0 Å². The molecule has 1 aliphatic carbocycles. The van der Waals surface area contributed by atoms with Crippen LogP contribution in [0, 0.1) is 6.92 Å². The van der Waals surface area contributed by atoms with Crippen LogP contribution in [0.2, 0.25) is 0 Å². The average molecular weight is 292 g/mol. The molecule has 4 nitrogen and oxygen atoms in total. The van der Waals surface area contributed by atoms with Crippen LogP contribution in [0.4, 0.5) is 0 Å². The largest absolute Gasteiger partial charge is 0.360 e. The van der Waals surface area contributed by atoms with Crippen molar-refractivity contribution in [1.82, 2.24) is 20.0 Å². The number of hydrogen-bond donors (Lipinski definition) is 1. The Labute approximate surface area is 126 Å². The molecule has 0 saturated heterocycles. The number of nitrogens with zero attached hydrogens (tertiary/aromatic N) is 3. The molecule has 2 heterocycles. The molecule has 0 unspecified atom stereocenters. The molecule has 0 radical (unpaired) electrons. The quantitative estimate of drug-likeness (QED) is 0.805. The van der Waals surface area contributed by atoms with Gasteiger partial charge in [-0.1, -0.05) is 19.3 Å². The summed E-state index contributed by atoms with van der Waals surface area (Å²) >= 11 is 5.62. The molecule has 20 heavy (non-hydrogen) atoms. The maximum absolute atomic E-state index is 5.62. The van der Waals surface area contributed by atoms with E-state index < -0.39 is 0 Å². The number of aryl methyl sites for hydroxylation is 2. The molecule has 3 rings (SSSR count). The highest BCUT2D eigenvalue weighted by atomic mass is 32.1. The van der Waals surface area contributed by atoms with Gasteiger partial charge in [-0.2, -0.15) is 5.10 Å². The molecule has 1 aliphatic heterocycles. The fraction of sp³-hybridized carbons (Fsp3) is 0.733. The number of hydrogen-bond acceptors (Lipinski definition) is 2. The van der Waals surface area contributed by atoms with Crippen LogP contribution < -0.4 is 5.32 Å². The number of nitrogens with one attached hydrogen (secondary N) is 1. The standard InChI is InChI=1S/C15H24N4S/c1-11-13-8-9-19(10-14(13)18(2)17-11)15(20)16-12-6-4-3-5-7-12/h12H,3-10H2,1-2H3,(H,16,20). The van der Waals surface area contributed by atoms with Gasteiger partial charge in [0.05, 0.1) is 17.9 Å². The fourth-order valence-electron chi connectivity index (χ4n) is 3.47. The highest BCUT2D eigenvalue weighted by Crippen LogP contribution is 2.22. The molecule has 1 saturated carbocycles. The van der Waals surface area contributed by atoms with Crippen molar-refractivity contribution in [3.63, 3.8) is 0 Å². The lowest BCUT2D eigenvalue weighted by Gasteiger charge is -2.33. The van der Waals surface area contributed by atoms with Crippen LogP contribution in [0.25, 0.3) is 0 Å². The average Bonchev–Trinajstić information content (AvgIpc) is 2.75. The van der Waals surface area contributed by atoms with Crippen molar-refractivity contribution >= 4 is 17.3 Å². The lowest BCUT2D eigenvalue weighted by atomic mass is 9.96. The Bertz CT molecular complexity index is 502. The molecule has 0 bridgehead atoms. The van der Waals surface area contributed by atoms with Crippen LogP contribution in [0.5, 0.6) is 0 Å². The molecule has 1 fully saturated rings. The van der Waals surface area contributed by atoms with Crippen molar-refractivity contribution < 1.29 is 0 Å². The van der Waals surface area contributed by atoms with Gasteiger partial charge in [0.15, 0.2) is 5.11 Å². The summed E-state index contributed by atoms with van der Waals surface area (Å²) in [6.45, 7) is 4.01. The predicted molar refractivity (Wildman–Crippen MR) is 84.7 cm³/mol. The van der Waals surface area contributed by atoms with E-state index in [0.29, 0.717) is 6.04 Å². The molecule has 1 N–H and O–H groups in total. The summed E-state index contributed by atoms with van der Waals surface area (Å²) in [4.78, 5) is 2.30. The summed E-state index contributed by atoms with van der Waals surface area (Å²) in [6.07, 6.45) is 7.65. The first-order valence-corrected chi connectivity index (χ1v) is 8.13. The summed E-state index contributed by atoms with van der Waals surface area (Å²) in [5.74, 6) is 0. The fourth-order valence-corrected chi connectivity index (χ4v) is 3.79. The van der Waals surface area contributed by atoms with E-state index in [2.05, 4.69) is 22.2 Å². The topological polar surface area (TPSA) is 33.1 Å². The van der Waals surface area contributed by atoms with Crippen molar-refractivity contribution in [2.75, 3.05) is 6.54 Å². The normalized spacial score (nSPS) is 19.8. The summed E-state index contributed by atoms with van der Waals surface area (Å²) in [6, 6.07) is 0.589. The number of rotatable bonds is 1. The lowest BCUT2D eigenvalue weighted by Crippen LogP contribution is -2.47. The summed E-state index contributed by atoms with van der Waals surface area (Å²) in [5.41, 5.74) is 3.92. The third-order valence-corrected chi connectivity index (χ3v) is 5.04. The zero-order valence-electron chi connectivity index (χ0n) is 12.5. The molecule has 1 aromatic heterocycles. The lowest BCUT2D eigenvalue weighted by molar-refractivity contribution is 0.349. The van der Waals surface area contributed by atoms with Gasteiger partial charge in [0, 0.05) is 19.6 Å². The van der Waals surface area contributed by atoms with E-state index in [1.54, 1.807) is 0 Å². The van der Waals surface area contributed by atoms with Gasteiger partial charge in [-0.15, -0.1) is 0 Å². The molecule has 0 amide bonds. The zero-order chi connectivity index (χ0) is 14.1. The molecule has 5 heteroatoms. The second-order valence-corrected chi connectivity index (χ2v) is 6.48. The van der Waals surface area contributed by atoms with Gasteiger partial charge in [0.1, 0.15) is 0 Å². The van der Waals surface area contributed by atoms with E-state index in [-0.39, 0.29) is 0 Å². The monoisotopic (exact) mass is 292 g/mol. The Kier molecular flexibility index (Phi) is 3.96. The Morgan fingerprint density at radius 1 is 1.30 bits per heavy atom. The van der Waals surface area contributed by atoms with Crippen molar-refractivity contribution in [2.45, 2.75) is 58.0 Å². The zero-order valence-corrected chi connectivity index (χ0v) is 13.3. The minimum atomic E-state index is 0.589. The number of thiocarbonyl (C=S) groups is 1.